The molecule has 9 heteroatoms. The number of nitrogens with one attached hydrogen (secondary N) is 1. The Morgan fingerprint density at radius 3 is 2.37 bits per heavy atom. The molecule has 1 fully saturated rings. The molecule has 27 heavy (non-hydrogen) atoms. The van der Waals surface area contributed by atoms with E-state index in [1.165, 1.54) is 22.5 Å². The van der Waals surface area contributed by atoms with Crippen LogP contribution in [0.25, 0.3) is 0 Å². The number of hydrogen-bond donors (Lipinski definition) is 2. The van der Waals surface area contributed by atoms with Gasteiger partial charge in [0, 0.05) is 13.1 Å². The van der Waals surface area contributed by atoms with Crippen molar-refractivity contribution < 1.29 is 23.1 Å². The van der Waals surface area contributed by atoms with Gasteiger partial charge in [0.1, 0.15) is 0 Å². The molecule has 1 aliphatic carbocycles. The van der Waals surface area contributed by atoms with E-state index >= 15 is 0 Å². The molecule has 2 aliphatic rings. The highest BCUT2D eigenvalue weighted by atomic mass is 35.5. The van der Waals surface area contributed by atoms with Gasteiger partial charge in [-0.15, -0.1) is 0 Å². The number of benzene rings is 1. The van der Waals surface area contributed by atoms with Gasteiger partial charge in [0.2, 0.25) is 15.9 Å². The second-order valence-electron chi connectivity index (χ2n) is 6.74. The van der Waals surface area contributed by atoms with Gasteiger partial charge in [-0.2, -0.15) is 4.31 Å². The van der Waals surface area contributed by atoms with E-state index in [9.17, 15) is 23.1 Å². The number of nitrogens with zero attached hydrogens (tertiary/aromatic N) is 1. The highest BCUT2D eigenvalue weighted by Gasteiger charge is 2.34. The van der Waals surface area contributed by atoms with Gasteiger partial charge in [-0.25, -0.2) is 8.42 Å². The molecule has 0 saturated carbocycles. The highest BCUT2D eigenvalue weighted by molar-refractivity contribution is 7.89. The van der Waals surface area contributed by atoms with Gasteiger partial charge in [0.05, 0.1) is 27.4 Å². The first kappa shape index (κ1) is 19.9. The summed E-state index contributed by atoms with van der Waals surface area (Å²) in [4.78, 5) is 24.1. The number of carboxylic acid groups (broad SMARTS) is 1. The molecule has 1 saturated heterocycles. The molecule has 1 amide bonds. The maximum Gasteiger partial charge on any atom is 0.307 e. The summed E-state index contributed by atoms with van der Waals surface area (Å²) >= 11 is 6.13. The van der Waals surface area contributed by atoms with Gasteiger partial charge in [-0.1, -0.05) is 23.8 Å². The zero-order valence-electron chi connectivity index (χ0n) is 14.6. The van der Waals surface area contributed by atoms with Crippen LogP contribution >= 0.6 is 11.6 Å². The number of carbonyl (C=O) groups excluding carboxylic acids is 1. The smallest absolute Gasteiger partial charge is 0.307 e. The predicted molar refractivity (Wildman–Crippen MR) is 101 cm³/mol. The van der Waals surface area contributed by atoms with E-state index in [0.717, 1.165) is 12.8 Å². The zero-order chi connectivity index (χ0) is 19.6. The summed E-state index contributed by atoms with van der Waals surface area (Å²) < 4.78 is 26.8. The van der Waals surface area contributed by atoms with Crippen LogP contribution in [0.2, 0.25) is 5.02 Å². The van der Waals surface area contributed by atoms with Gasteiger partial charge >= 0.3 is 5.97 Å². The van der Waals surface area contributed by atoms with Gasteiger partial charge in [-0.05, 0) is 43.9 Å². The van der Waals surface area contributed by atoms with E-state index < -0.39 is 33.7 Å². The fourth-order valence-electron chi connectivity index (χ4n) is 3.44. The number of hydrogen-bond acceptors (Lipinski definition) is 4. The number of aliphatic carboxylic acids is 1. The van der Waals surface area contributed by atoms with Crippen LogP contribution < -0.4 is 5.32 Å². The molecule has 0 radical (unpaired) electrons. The number of sulfonamides is 1. The molecule has 0 spiro atoms. The highest BCUT2D eigenvalue weighted by Crippen LogP contribution is 2.31. The van der Waals surface area contributed by atoms with Crippen molar-refractivity contribution in [1.82, 2.24) is 4.31 Å². The van der Waals surface area contributed by atoms with Crippen molar-refractivity contribution in [2.75, 3.05) is 18.4 Å². The lowest BCUT2D eigenvalue weighted by molar-refractivity contribution is -0.146. The Balaban J connectivity index is 1.83. The molecule has 1 heterocycles. The molecule has 0 bridgehead atoms. The summed E-state index contributed by atoms with van der Waals surface area (Å²) in [7, 11) is -3.64. The van der Waals surface area contributed by atoms with Crippen LogP contribution in [0, 0.1) is 11.8 Å². The third-order valence-corrected chi connectivity index (χ3v) is 7.21. The Morgan fingerprint density at radius 1 is 1.11 bits per heavy atom. The number of rotatable bonds is 5. The second-order valence-corrected chi connectivity index (χ2v) is 9.08. The van der Waals surface area contributed by atoms with Crippen LogP contribution in [0.4, 0.5) is 5.69 Å². The first-order valence-electron chi connectivity index (χ1n) is 8.79. The molecule has 2 N–H and O–H groups in total. The Morgan fingerprint density at radius 2 is 1.74 bits per heavy atom. The first-order valence-corrected chi connectivity index (χ1v) is 10.6. The van der Waals surface area contributed by atoms with Crippen molar-refractivity contribution in [1.29, 1.82) is 0 Å². The predicted octanol–water partition coefficient (Wildman–Crippen LogP) is 2.73. The zero-order valence-corrected chi connectivity index (χ0v) is 16.2. The number of carbonyl (C=O) groups is 2. The van der Waals surface area contributed by atoms with Crippen LogP contribution in [-0.2, 0) is 19.6 Å². The molecule has 1 aromatic carbocycles. The number of amides is 1. The van der Waals surface area contributed by atoms with E-state index in [0.29, 0.717) is 19.5 Å². The largest absolute Gasteiger partial charge is 0.481 e. The molecule has 2 unspecified atom stereocenters. The van der Waals surface area contributed by atoms with Crippen LogP contribution in [0.3, 0.4) is 0 Å². The summed E-state index contributed by atoms with van der Waals surface area (Å²) in [6.07, 6.45) is 5.76. The maximum absolute atomic E-state index is 12.7. The van der Waals surface area contributed by atoms with Crippen LogP contribution in [0.1, 0.15) is 25.7 Å². The van der Waals surface area contributed by atoms with E-state index in [2.05, 4.69) is 5.32 Å². The van der Waals surface area contributed by atoms with Crippen molar-refractivity contribution in [3.63, 3.8) is 0 Å². The quantitative estimate of drug-likeness (QED) is 0.723. The molecule has 1 aromatic rings. The molecule has 7 nitrogen and oxygen atoms in total. The third kappa shape index (κ3) is 4.17. The van der Waals surface area contributed by atoms with Crippen molar-refractivity contribution >= 4 is 39.2 Å². The molecule has 3 rings (SSSR count). The van der Waals surface area contributed by atoms with Crippen LogP contribution in [-0.4, -0.2) is 42.8 Å². The minimum absolute atomic E-state index is 0.0578. The third-order valence-electron chi connectivity index (χ3n) is 4.98. The minimum Gasteiger partial charge on any atom is -0.481 e. The monoisotopic (exact) mass is 412 g/mol. The van der Waals surface area contributed by atoms with E-state index in [-0.39, 0.29) is 22.0 Å². The molecule has 2 atom stereocenters. The SMILES string of the molecule is O=C(O)C1CC=CCC1C(=O)Nc1cc(S(=O)(=O)N2CCCC2)ccc1Cl. The summed E-state index contributed by atoms with van der Waals surface area (Å²) in [6, 6.07) is 4.17. The lowest BCUT2D eigenvalue weighted by atomic mass is 9.82. The Labute approximate surface area is 163 Å². The average Bonchev–Trinajstić information content (AvgIpc) is 3.19. The molecule has 146 valence electrons. The second kappa shape index (κ2) is 8.00. The van der Waals surface area contributed by atoms with Gasteiger partial charge in [-0.3, -0.25) is 9.59 Å². The Kier molecular flexibility index (Phi) is 5.88. The van der Waals surface area contributed by atoms with E-state index in [1.54, 1.807) is 12.2 Å². The van der Waals surface area contributed by atoms with Crippen molar-refractivity contribution in [3.05, 3.63) is 35.4 Å². The molecular formula is C18H21ClN2O5S. The fourth-order valence-corrected chi connectivity index (χ4v) is 5.15. The van der Waals surface area contributed by atoms with Crippen LogP contribution in [0.15, 0.2) is 35.2 Å². The van der Waals surface area contributed by atoms with E-state index in [4.69, 9.17) is 11.6 Å². The maximum atomic E-state index is 12.7. The van der Waals surface area contributed by atoms with Crippen molar-refractivity contribution in [2.24, 2.45) is 11.8 Å². The summed E-state index contributed by atoms with van der Waals surface area (Å²) in [5.41, 5.74) is 0.167. The van der Waals surface area contributed by atoms with Gasteiger partial charge in [0.15, 0.2) is 0 Å². The number of carboxylic acids is 1. The normalized spacial score (nSPS) is 23.3. The summed E-state index contributed by atoms with van der Waals surface area (Å²) in [6.45, 7) is 0.947. The average molecular weight is 413 g/mol. The van der Waals surface area contributed by atoms with E-state index in [1.807, 2.05) is 0 Å². The first-order chi connectivity index (χ1) is 12.8. The Hall–Kier alpha value is -1.90. The van der Waals surface area contributed by atoms with Gasteiger partial charge in [0.25, 0.3) is 0 Å². The lowest BCUT2D eigenvalue weighted by Gasteiger charge is -2.24. The molecule has 0 aromatic heterocycles. The topological polar surface area (TPSA) is 104 Å². The minimum atomic E-state index is -3.64. The number of allylic oxidation sites excluding steroid dienone is 2. The Bertz CT molecular complexity index is 878. The van der Waals surface area contributed by atoms with Crippen molar-refractivity contribution in [3.8, 4) is 0 Å². The van der Waals surface area contributed by atoms with Crippen LogP contribution in [0.5, 0.6) is 0 Å². The molecular weight excluding hydrogens is 392 g/mol. The number of halogens is 1. The van der Waals surface area contributed by atoms with Crippen molar-refractivity contribution in [2.45, 2.75) is 30.6 Å². The lowest BCUT2D eigenvalue weighted by Crippen LogP contribution is -2.35. The fraction of sp³-hybridized carbons (Fsp3) is 0.444. The summed E-state index contributed by atoms with van der Waals surface area (Å²) in [5.74, 6) is -3.06. The standard InChI is InChI=1S/C18H21ClN2O5S/c19-15-8-7-12(27(25,26)21-9-3-4-10-21)11-16(15)20-17(22)13-5-1-2-6-14(13)18(23)24/h1-2,7-8,11,13-14H,3-6,9-10H2,(H,20,22)(H,23,24). The summed E-state index contributed by atoms with van der Waals surface area (Å²) in [5, 5.41) is 12.1. The molecule has 1 aliphatic heterocycles. The van der Waals surface area contributed by atoms with Gasteiger partial charge < -0.3 is 10.4 Å². The number of anilines is 1.